The highest BCUT2D eigenvalue weighted by molar-refractivity contribution is 5.44. The molecular formula is C15H24N2O4+2. The molecule has 3 rings (SSSR count). The minimum atomic E-state index is -0.588. The van der Waals surface area contributed by atoms with Gasteiger partial charge < -0.3 is 29.5 Å². The lowest BCUT2D eigenvalue weighted by molar-refractivity contribution is -1.02. The summed E-state index contributed by atoms with van der Waals surface area (Å²) < 4.78 is 10.7. The van der Waals surface area contributed by atoms with Crippen molar-refractivity contribution in [2.75, 3.05) is 46.1 Å². The zero-order chi connectivity index (χ0) is 14.7. The molecule has 1 aromatic rings. The molecule has 21 heavy (non-hydrogen) atoms. The molecule has 1 aromatic carbocycles. The normalized spacial score (nSPS) is 25.8. The van der Waals surface area contributed by atoms with Crippen LogP contribution in [0.3, 0.4) is 0 Å². The molecule has 4 N–H and O–H groups in total. The maximum absolute atomic E-state index is 9.50. The highest BCUT2D eigenvalue weighted by atomic mass is 16.7. The van der Waals surface area contributed by atoms with Crippen molar-refractivity contribution in [1.29, 1.82) is 0 Å². The number of quaternary nitrogens is 2. The Morgan fingerprint density at radius 2 is 1.76 bits per heavy atom. The Morgan fingerprint density at radius 1 is 1.05 bits per heavy atom. The lowest BCUT2D eigenvalue weighted by Crippen LogP contribution is -3.28. The monoisotopic (exact) mass is 296 g/mol. The van der Waals surface area contributed by atoms with Gasteiger partial charge >= 0.3 is 0 Å². The van der Waals surface area contributed by atoms with Crippen LogP contribution in [0.4, 0.5) is 0 Å². The first kappa shape index (κ1) is 14.6. The molecule has 0 unspecified atom stereocenters. The molecule has 2 aliphatic rings. The smallest absolute Gasteiger partial charge is 0.231 e. The first-order valence-electron chi connectivity index (χ1n) is 7.59. The van der Waals surface area contributed by atoms with Crippen molar-refractivity contribution in [3.05, 3.63) is 23.8 Å². The van der Waals surface area contributed by atoms with Crippen LogP contribution in [0, 0.1) is 0 Å². The van der Waals surface area contributed by atoms with Gasteiger partial charge in [-0.15, -0.1) is 0 Å². The van der Waals surface area contributed by atoms with E-state index in [1.165, 1.54) is 10.5 Å². The number of nitrogens with one attached hydrogen (secondary N) is 2. The number of aliphatic hydroxyl groups excluding tert-OH is 2. The van der Waals surface area contributed by atoms with Crippen molar-refractivity contribution in [1.82, 2.24) is 0 Å². The van der Waals surface area contributed by atoms with E-state index in [0.29, 0.717) is 13.3 Å². The predicted octanol–water partition coefficient (Wildman–Crippen LogP) is -2.95. The second-order valence-corrected chi connectivity index (χ2v) is 5.90. The molecule has 0 amide bonds. The molecule has 116 valence electrons. The summed E-state index contributed by atoms with van der Waals surface area (Å²) in [4.78, 5) is 2.93. The van der Waals surface area contributed by atoms with Crippen molar-refractivity contribution in [3.8, 4) is 11.5 Å². The fraction of sp³-hybridized carbons (Fsp3) is 0.600. The Labute approximate surface area is 124 Å². The molecule has 0 saturated carbocycles. The fourth-order valence-electron chi connectivity index (χ4n) is 3.08. The zero-order valence-electron chi connectivity index (χ0n) is 12.2. The summed E-state index contributed by atoms with van der Waals surface area (Å²) in [5.74, 6) is 1.68. The average molecular weight is 296 g/mol. The third-order valence-corrected chi connectivity index (χ3v) is 4.29. The Balaban J connectivity index is 1.49. The van der Waals surface area contributed by atoms with Gasteiger partial charge in [0.1, 0.15) is 45.4 Å². The number of ether oxygens (including phenoxy) is 2. The van der Waals surface area contributed by atoms with E-state index in [2.05, 4.69) is 12.1 Å². The van der Waals surface area contributed by atoms with Crippen LogP contribution in [0.25, 0.3) is 0 Å². The molecular weight excluding hydrogens is 272 g/mol. The summed E-state index contributed by atoms with van der Waals surface area (Å²) in [6, 6.07) is 6.16. The van der Waals surface area contributed by atoms with Crippen LogP contribution < -0.4 is 19.3 Å². The van der Waals surface area contributed by atoms with Crippen LogP contribution in [-0.2, 0) is 6.54 Å². The van der Waals surface area contributed by atoms with E-state index in [1.54, 1.807) is 4.90 Å². The van der Waals surface area contributed by atoms with Crippen LogP contribution in [0.15, 0.2) is 18.2 Å². The maximum atomic E-state index is 9.50. The molecule has 0 aromatic heterocycles. The van der Waals surface area contributed by atoms with E-state index in [0.717, 1.165) is 44.2 Å². The third-order valence-electron chi connectivity index (χ3n) is 4.29. The standard InChI is InChI=1S/C15H22N2O4/c18-10-13(19)9-17-5-3-16(4-6-17)8-12-1-2-14-15(7-12)21-11-20-14/h1-2,7,13,18-19H,3-6,8-11H2/p+2/t13-/m1/s1. The van der Waals surface area contributed by atoms with E-state index in [4.69, 9.17) is 14.6 Å². The van der Waals surface area contributed by atoms with Crippen LogP contribution in [-0.4, -0.2) is 62.4 Å². The fourth-order valence-corrected chi connectivity index (χ4v) is 3.08. The van der Waals surface area contributed by atoms with Crippen LogP contribution in [0.2, 0.25) is 0 Å². The minimum absolute atomic E-state index is 0.142. The molecule has 1 fully saturated rings. The molecule has 0 bridgehead atoms. The van der Waals surface area contributed by atoms with E-state index in [1.807, 2.05) is 6.07 Å². The van der Waals surface area contributed by atoms with Crippen LogP contribution in [0.5, 0.6) is 11.5 Å². The summed E-state index contributed by atoms with van der Waals surface area (Å²) in [6.45, 7) is 6.07. The lowest BCUT2D eigenvalue weighted by atomic mass is 10.1. The molecule has 2 heterocycles. The number of hydrogen-bond donors (Lipinski definition) is 4. The van der Waals surface area contributed by atoms with Crippen LogP contribution in [0.1, 0.15) is 5.56 Å². The number of rotatable bonds is 5. The van der Waals surface area contributed by atoms with Crippen molar-refractivity contribution in [3.63, 3.8) is 0 Å². The molecule has 0 radical (unpaired) electrons. The Bertz CT molecular complexity index is 475. The van der Waals surface area contributed by atoms with Gasteiger partial charge in [0.2, 0.25) is 6.79 Å². The number of aliphatic hydroxyl groups is 2. The van der Waals surface area contributed by atoms with Crippen molar-refractivity contribution < 1.29 is 29.5 Å². The van der Waals surface area contributed by atoms with Gasteiger partial charge in [0.15, 0.2) is 11.5 Å². The van der Waals surface area contributed by atoms with Gasteiger partial charge in [-0.05, 0) is 18.2 Å². The average Bonchev–Trinajstić information content (AvgIpc) is 2.96. The van der Waals surface area contributed by atoms with Gasteiger partial charge in [-0.2, -0.15) is 0 Å². The SMILES string of the molecule is OC[C@H](O)C[NH+]1CC[NH+](Cc2ccc3c(c2)OCO3)CC1. The third kappa shape index (κ3) is 3.65. The molecule has 1 saturated heterocycles. The van der Waals surface area contributed by atoms with Gasteiger partial charge in [0.05, 0.1) is 6.61 Å². The summed E-state index contributed by atoms with van der Waals surface area (Å²) in [6.07, 6.45) is -0.588. The van der Waals surface area contributed by atoms with Crippen molar-refractivity contribution in [2.24, 2.45) is 0 Å². The Morgan fingerprint density at radius 3 is 2.52 bits per heavy atom. The van der Waals surface area contributed by atoms with Crippen LogP contribution >= 0.6 is 0 Å². The number of fused-ring (bicyclic) bond motifs is 1. The number of hydrogen-bond acceptors (Lipinski definition) is 4. The highest BCUT2D eigenvalue weighted by Crippen LogP contribution is 2.32. The molecule has 6 heteroatoms. The molecule has 0 spiro atoms. The minimum Gasteiger partial charge on any atom is -0.454 e. The van der Waals surface area contributed by atoms with Crippen molar-refractivity contribution >= 4 is 0 Å². The number of benzene rings is 1. The quantitative estimate of drug-likeness (QED) is 0.469. The predicted molar refractivity (Wildman–Crippen MR) is 75.6 cm³/mol. The second kappa shape index (κ2) is 6.62. The Hall–Kier alpha value is -1.34. The molecule has 0 aliphatic carbocycles. The van der Waals surface area contributed by atoms with Gasteiger partial charge in [-0.25, -0.2) is 0 Å². The molecule has 6 nitrogen and oxygen atoms in total. The van der Waals surface area contributed by atoms with Gasteiger partial charge in [0, 0.05) is 5.56 Å². The highest BCUT2D eigenvalue weighted by Gasteiger charge is 2.25. The maximum Gasteiger partial charge on any atom is 0.231 e. The molecule has 1 atom stereocenters. The molecule has 2 aliphatic heterocycles. The van der Waals surface area contributed by atoms with E-state index in [9.17, 15) is 5.11 Å². The van der Waals surface area contributed by atoms with Gasteiger partial charge in [-0.1, -0.05) is 0 Å². The first-order valence-corrected chi connectivity index (χ1v) is 7.59. The Kier molecular flexibility index (Phi) is 4.60. The summed E-state index contributed by atoms with van der Waals surface area (Å²) in [5, 5.41) is 18.4. The summed E-state index contributed by atoms with van der Waals surface area (Å²) >= 11 is 0. The summed E-state index contributed by atoms with van der Waals surface area (Å²) in [7, 11) is 0. The van der Waals surface area contributed by atoms with Gasteiger partial charge in [-0.3, -0.25) is 0 Å². The zero-order valence-corrected chi connectivity index (χ0v) is 12.2. The largest absolute Gasteiger partial charge is 0.454 e. The van der Waals surface area contributed by atoms with E-state index in [-0.39, 0.29) is 6.61 Å². The second-order valence-electron chi connectivity index (χ2n) is 5.90. The summed E-state index contributed by atoms with van der Waals surface area (Å²) in [5.41, 5.74) is 1.27. The lowest BCUT2D eigenvalue weighted by Gasteiger charge is -2.30. The van der Waals surface area contributed by atoms with E-state index < -0.39 is 6.10 Å². The van der Waals surface area contributed by atoms with E-state index >= 15 is 0 Å². The first-order chi connectivity index (χ1) is 10.2. The topological polar surface area (TPSA) is 67.8 Å². The number of piperazine rings is 1. The van der Waals surface area contributed by atoms with Crippen molar-refractivity contribution in [2.45, 2.75) is 12.6 Å². The van der Waals surface area contributed by atoms with Gasteiger partial charge in [0.25, 0.3) is 0 Å².